The summed E-state index contributed by atoms with van der Waals surface area (Å²) in [5.74, 6) is -0.0996. The molecule has 2 aliphatic rings. The van der Waals surface area contributed by atoms with E-state index in [0.29, 0.717) is 6.54 Å². The minimum atomic E-state index is -4.62. The van der Waals surface area contributed by atoms with Gasteiger partial charge in [-0.2, -0.15) is 13.2 Å². The lowest BCUT2D eigenvalue weighted by atomic mass is 9.90. The van der Waals surface area contributed by atoms with E-state index in [9.17, 15) is 23.1 Å². The summed E-state index contributed by atoms with van der Waals surface area (Å²) >= 11 is 0. The molecule has 1 fully saturated rings. The predicted molar refractivity (Wildman–Crippen MR) is 83.8 cm³/mol. The van der Waals surface area contributed by atoms with Crippen molar-refractivity contribution in [2.24, 2.45) is 0 Å². The maximum absolute atomic E-state index is 12.9. The first-order valence-electron chi connectivity index (χ1n) is 8.15. The molecule has 3 rings (SSSR count). The van der Waals surface area contributed by atoms with Crippen LogP contribution in [0.3, 0.4) is 0 Å². The Kier molecular flexibility index (Phi) is 4.34. The Hall–Kier alpha value is -1.60. The van der Waals surface area contributed by atoms with Crippen LogP contribution in [-0.2, 0) is 11.2 Å². The number of halogens is 3. The molecule has 132 valence electrons. The van der Waals surface area contributed by atoms with E-state index < -0.39 is 30.7 Å². The molecule has 0 spiro atoms. The van der Waals surface area contributed by atoms with E-state index in [0.717, 1.165) is 17.7 Å². The molecule has 0 saturated carbocycles. The number of para-hydroxylation sites is 1. The lowest BCUT2D eigenvalue weighted by Crippen LogP contribution is -2.57. The molecular weight excluding hydrogens is 321 g/mol. The van der Waals surface area contributed by atoms with Crippen LogP contribution in [0.15, 0.2) is 24.3 Å². The standard InChI is InChI=1S/C17H21F3N2O2/c1-12(21-10-7-16(24,8-11-21)17(18,19)20)15(23)22-9-6-13-4-2-3-5-14(13)22/h2-5,12,24H,6-11H2,1H3. The van der Waals surface area contributed by atoms with Crippen molar-refractivity contribution in [1.29, 1.82) is 0 Å². The molecule has 2 aliphatic heterocycles. The smallest absolute Gasteiger partial charge is 0.380 e. The molecular formula is C17H21F3N2O2. The summed E-state index contributed by atoms with van der Waals surface area (Å²) < 4.78 is 38.6. The SMILES string of the molecule is CC(C(=O)N1CCc2ccccc21)N1CCC(O)(C(F)(F)F)CC1. The van der Waals surface area contributed by atoms with Crippen LogP contribution < -0.4 is 4.90 Å². The van der Waals surface area contributed by atoms with Crippen molar-refractivity contribution < 1.29 is 23.1 Å². The summed E-state index contributed by atoms with van der Waals surface area (Å²) in [7, 11) is 0. The van der Waals surface area contributed by atoms with Crippen LogP contribution in [0.2, 0.25) is 0 Å². The monoisotopic (exact) mass is 342 g/mol. The van der Waals surface area contributed by atoms with Crippen molar-refractivity contribution in [3.8, 4) is 0 Å². The predicted octanol–water partition coefficient (Wildman–Crippen LogP) is 2.35. The van der Waals surface area contributed by atoms with Gasteiger partial charge in [-0.3, -0.25) is 9.69 Å². The average molecular weight is 342 g/mol. The van der Waals surface area contributed by atoms with Crippen molar-refractivity contribution in [2.45, 2.75) is 44.0 Å². The van der Waals surface area contributed by atoms with Crippen LogP contribution in [0.1, 0.15) is 25.3 Å². The highest BCUT2D eigenvalue weighted by Crippen LogP contribution is 2.39. The number of anilines is 1. The largest absolute Gasteiger partial charge is 0.417 e. The summed E-state index contributed by atoms with van der Waals surface area (Å²) in [5, 5.41) is 9.74. The van der Waals surface area contributed by atoms with E-state index in [4.69, 9.17) is 0 Å². The normalized spacial score (nSPS) is 22.3. The fourth-order valence-electron chi connectivity index (χ4n) is 3.51. The number of fused-ring (bicyclic) bond motifs is 1. The number of amides is 1. The van der Waals surface area contributed by atoms with Crippen molar-refractivity contribution in [1.82, 2.24) is 4.90 Å². The zero-order chi connectivity index (χ0) is 17.5. The second-order valence-corrected chi connectivity index (χ2v) is 6.61. The second-order valence-electron chi connectivity index (χ2n) is 6.61. The number of nitrogens with zero attached hydrogens (tertiary/aromatic N) is 2. The molecule has 0 bridgehead atoms. The van der Waals surface area contributed by atoms with Crippen LogP contribution in [-0.4, -0.2) is 53.4 Å². The van der Waals surface area contributed by atoms with E-state index in [1.807, 2.05) is 24.3 Å². The topological polar surface area (TPSA) is 43.8 Å². The number of carbonyl (C=O) groups excluding carboxylic acids is 1. The first-order valence-corrected chi connectivity index (χ1v) is 8.15. The molecule has 0 aromatic heterocycles. The van der Waals surface area contributed by atoms with E-state index in [-0.39, 0.29) is 19.0 Å². The lowest BCUT2D eigenvalue weighted by molar-refractivity contribution is -0.273. The van der Waals surface area contributed by atoms with Crippen molar-refractivity contribution >= 4 is 11.6 Å². The van der Waals surface area contributed by atoms with Gasteiger partial charge >= 0.3 is 6.18 Å². The summed E-state index contributed by atoms with van der Waals surface area (Å²) in [6.07, 6.45) is -4.63. The molecule has 0 radical (unpaired) electrons. The van der Waals surface area contributed by atoms with Gasteiger partial charge in [-0.25, -0.2) is 0 Å². The maximum Gasteiger partial charge on any atom is 0.417 e. The first-order chi connectivity index (χ1) is 11.2. The highest BCUT2D eigenvalue weighted by Gasteiger charge is 2.55. The number of benzene rings is 1. The number of piperidine rings is 1. The summed E-state index contributed by atoms with van der Waals surface area (Å²) in [6, 6.07) is 7.18. The van der Waals surface area contributed by atoms with Gasteiger partial charge in [-0.15, -0.1) is 0 Å². The van der Waals surface area contributed by atoms with E-state index in [1.165, 1.54) is 0 Å². The molecule has 1 aromatic carbocycles. The van der Waals surface area contributed by atoms with Crippen molar-refractivity contribution in [2.75, 3.05) is 24.5 Å². The van der Waals surface area contributed by atoms with Gasteiger partial charge in [0.1, 0.15) is 0 Å². The average Bonchev–Trinajstić information content (AvgIpc) is 2.97. The number of hydrogen-bond donors (Lipinski definition) is 1. The molecule has 1 aromatic rings. The Morgan fingerprint density at radius 3 is 2.46 bits per heavy atom. The zero-order valence-electron chi connectivity index (χ0n) is 13.5. The minimum Gasteiger partial charge on any atom is -0.380 e. The van der Waals surface area contributed by atoms with Crippen molar-refractivity contribution in [3.05, 3.63) is 29.8 Å². The lowest BCUT2D eigenvalue weighted by Gasteiger charge is -2.41. The van der Waals surface area contributed by atoms with E-state index >= 15 is 0 Å². The van der Waals surface area contributed by atoms with Gasteiger partial charge in [0.25, 0.3) is 0 Å². The number of likely N-dealkylation sites (tertiary alicyclic amines) is 1. The Morgan fingerprint density at radius 2 is 1.83 bits per heavy atom. The van der Waals surface area contributed by atoms with Crippen molar-refractivity contribution in [3.63, 3.8) is 0 Å². The van der Waals surface area contributed by atoms with Gasteiger partial charge in [0.15, 0.2) is 5.60 Å². The van der Waals surface area contributed by atoms with Gasteiger partial charge in [0, 0.05) is 25.3 Å². The van der Waals surface area contributed by atoms with Crippen LogP contribution in [0.25, 0.3) is 0 Å². The third-order valence-electron chi connectivity index (χ3n) is 5.21. The third-order valence-corrected chi connectivity index (χ3v) is 5.21. The molecule has 1 unspecified atom stereocenters. The van der Waals surface area contributed by atoms with Gasteiger partial charge in [-0.1, -0.05) is 18.2 Å². The quantitative estimate of drug-likeness (QED) is 0.897. The van der Waals surface area contributed by atoms with Gasteiger partial charge in [0.05, 0.1) is 6.04 Å². The summed E-state index contributed by atoms with van der Waals surface area (Å²) in [4.78, 5) is 16.2. The Bertz CT molecular complexity index is 625. The molecule has 1 amide bonds. The molecule has 0 aliphatic carbocycles. The van der Waals surface area contributed by atoms with Gasteiger partial charge < -0.3 is 10.0 Å². The van der Waals surface area contributed by atoms with Crippen LogP contribution in [0.4, 0.5) is 18.9 Å². The van der Waals surface area contributed by atoms with Gasteiger partial charge in [0.2, 0.25) is 5.91 Å². The molecule has 2 heterocycles. The minimum absolute atomic E-state index is 0.0540. The molecule has 7 heteroatoms. The number of carbonyl (C=O) groups is 1. The Balaban J connectivity index is 1.66. The van der Waals surface area contributed by atoms with E-state index in [1.54, 1.807) is 16.7 Å². The van der Waals surface area contributed by atoms with Crippen LogP contribution >= 0.6 is 0 Å². The first kappa shape index (κ1) is 17.2. The molecule has 1 saturated heterocycles. The van der Waals surface area contributed by atoms with E-state index in [2.05, 4.69) is 0 Å². The number of rotatable bonds is 2. The summed E-state index contributed by atoms with van der Waals surface area (Å²) in [5.41, 5.74) is -0.631. The molecule has 4 nitrogen and oxygen atoms in total. The summed E-state index contributed by atoms with van der Waals surface area (Å²) in [6.45, 7) is 2.43. The van der Waals surface area contributed by atoms with Crippen LogP contribution in [0, 0.1) is 0 Å². The highest BCUT2D eigenvalue weighted by atomic mass is 19.4. The fraction of sp³-hybridized carbons (Fsp3) is 0.588. The Morgan fingerprint density at radius 1 is 1.21 bits per heavy atom. The Labute approximate surface area is 138 Å². The molecule has 24 heavy (non-hydrogen) atoms. The van der Waals surface area contributed by atoms with Crippen LogP contribution in [0.5, 0.6) is 0 Å². The number of hydrogen-bond acceptors (Lipinski definition) is 3. The molecule has 1 N–H and O–H groups in total. The fourth-order valence-corrected chi connectivity index (χ4v) is 3.51. The highest BCUT2D eigenvalue weighted by molar-refractivity contribution is 5.98. The second kappa shape index (κ2) is 6.04. The maximum atomic E-state index is 12.9. The molecule has 1 atom stereocenters. The zero-order valence-corrected chi connectivity index (χ0v) is 13.5. The number of aliphatic hydroxyl groups is 1. The third kappa shape index (κ3) is 2.91. The van der Waals surface area contributed by atoms with Gasteiger partial charge in [-0.05, 0) is 37.8 Å². The number of alkyl halides is 3.